The molecule has 1 unspecified atom stereocenters. The van der Waals surface area contributed by atoms with Gasteiger partial charge in [-0.05, 0) is 12.1 Å². The lowest BCUT2D eigenvalue weighted by Gasteiger charge is -2.12. The maximum Gasteiger partial charge on any atom is 0.221 e. The van der Waals surface area contributed by atoms with E-state index in [1.54, 1.807) is 0 Å². The second-order valence-corrected chi connectivity index (χ2v) is 2.38. The molecule has 0 aliphatic heterocycles. The van der Waals surface area contributed by atoms with Gasteiger partial charge in [0.2, 0.25) is 12.0 Å². The maximum atomic E-state index is 9.16. The molecule has 0 radical (unpaired) electrons. The molecule has 5 heteroatoms. The van der Waals surface area contributed by atoms with Crippen molar-refractivity contribution >= 4 is 0 Å². The highest BCUT2D eigenvalue weighted by Crippen LogP contribution is 2.35. The summed E-state index contributed by atoms with van der Waals surface area (Å²) in [6.45, 7) is -0.617. The Morgan fingerprint density at radius 1 is 1.23 bits per heavy atom. The van der Waals surface area contributed by atoms with Gasteiger partial charge in [0.25, 0.3) is 0 Å². The normalized spacial score (nSPS) is 12.5. The maximum absolute atomic E-state index is 9.16. The van der Waals surface area contributed by atoms with Gasteiger partial charge < -0.3 is 25.2 Å². The summed E-state index contributed by atoms with van der Waals surface area (Å²) in [4.78, 5) is 0. The fraction of sp³-hybridized carbons (Fsp3) is 0.250. The van der Waals surface area contributed by atoms with Crippen LogP contribution in [-0.4, -0.2) is 33.3 Å². The molecule has 72 valence electrons. The van der Waals surface area contributed by atoms with Crippen molar-refractivity contribution in [1.82, 2.24) is 0 Å². The van der Waals surface area contributed by atoms with E-state index in [0.29, 0.717) is 0 Å². The van der Waals surface area contributed by atoms with E-state index in [4.69, 9.17) is 20.4 Å². The topological polar surface area (TPSA) is 90.2 Å². The number of aromatic hydroxyl groups is 2. The van der Waals surface area contributed by atoms with E-state index in [-0.39, 0.29) is 17.2 Å². The minimum atomic E-state index is -1.46. The number of aliphatic hydroxyl groups is 2. The predicted molar refractivity (Wildman–Crippen MR) is 43.5 cm³/mol. The standard InChI is InChI=1S/C8H10O5/c9-4-7(12)13-8-5(10)2-1-3-6(8)11/h1-3,7,9-12H,4H2. The number of benzene rings is 1. The van der Waals surface area contributed by atoms with Crippen LogP contribution in [0.1, 0.15) is 0 Å². The second kappa shape index (κ2) is 3.97. The number of rotatable bonds is 3. The number of aliphatic hydroxyl groups excluding tert-OH is 2. The van der Waals surface area contributed by atoms with Gasteiger partial charge in [0, 0.05) is 0 Å². The Morgan fingerprint density at radius 2 is 1.77 bits per heavy atom. The average Bonchev–Trinajstić information content (AvgIpc) is 2.11. The summed E-state index contributed by atoms with van der Waals surface area (Å²) >= 11 is 0. The van der Waals surface area contributed by atoms with Gasteiger partial charge in [0.15, 0.2) is 11.5 Å². The molecule has 0 aliphatic rings. The Balaban J connectivity index is 2.87. The first-order valence-corrected chi connectivity index (χ1v) is 3.61. The molecule has 1 rings (SSSR count). The lowest BCUT2D eigenvalue weighted by Crippen LogP contribution is -2.19. The quantitative estimate of drug-likeness (QED) is 0.490. The van der Waals surface area contributed by atoms with Gasteiger partial charge in [-0.2, -0.15) is 0 Å². The molecular formula is C8H10O5. The highest BCUT2D eigenvalue weighted by Gasteiger charge is 2.12. The zero-order valence-electron chi connectivity index (χ0n) is 6.71. The van der Waals surface area contributed by atoms with E-state index in [1.807, 2.05) is 0 Å². The fourth-order valence-corrected chi connectivity index (χ4v) is 0.807. The van der Waals surface area contributed by atoms with Crippen LogP contribution >= 0.6 is 0 Å². The number of ether oxygens (including phenoxy) is 1. The summed E-state index contributed by atoms with van der Waals surface area (Å²) in [5, 5.41) is 35.6. The highest BCUT2D eigenvalue weighted by molar-refractivity contribution is 5.49. The van der Waals surface area contributed by atoms with E-state index < -0.39 is 12.9 Å². The van der Waals surface area contributed by atoms with Crippen molar-refractivity contribution in [3.05, 3.63) is 18.2 Å². The van der Waals surface area contributed by atoms with Crippen molar-refractivity contribution in [1.29, 1.82) is 0 Å². The fourth-order valence-electron chi connectivity index (χ4n) is 0.807. The molecule has 1 aromatic carbocycles. The number of para-hydroxylation sites is 1. The number of phenolic OH excluding ortho intramolecular Hbond substituents is 2. The SMILES string of the molecule is OCC(O)Oc1c(O)cccc1O. The predicted octanol–water partition coefficient (Wildman–Crippen LogP) is -0.213. The molecule has 0 heterocycles. The van der Waals surface area contributed by atoms with Crippen LogP contribution in [0.2, 0.25) is 0 Å². The first-order valence-electron chi connectivity index (χ1n) is 3.61. The lowest BCUT2D eigenvalue weighted by molar-refractivity contribution is -0.0571. The molecular weight excluding hydrogens is 176 g/mol. The summed E-state index contributed by atoms with van der Waals surface area (Å²) in [5.41, 5.74) is 0. The van der Waals surface area contributed by atoms with E-state index in [0.717, 1.165) is 0 Å². The summed E-state index contributed by atoms with van der Waals surface area (Å²) in [6.07, 6.45) is -1.46. The van der Waals surface area contributed by atoms with Crippen LogP contribution in [-0.2, 0) is 0 Å². The molecule has 4 N–H and O–H groups in total. The van der Waals surface area contributed by atoms with Crippen molar-refractivity contribution in [2.24, 2.45) is 0 Å². The minimum Gasteiger partial charge on any atom is -0.504 e. The van der Waals surface area contributed by atoms with Crippen molar-refractivity contribution < 1.29 is 25.2 Å². The number of hydrogen-bond acceptors (Lipinski definition) is 5. The third-order valence-corrected chi connectivity index (χ3v) is 1.38. The van der Waals surface area contributed by atoms with E-state index in [9.17, 15) is 0 Å². The molecule has 0 aromatic heterocycles. The highest BCUT2D eigenvalue weighted by atomic mass is 16.6. The monoisotopic (exact) mass is 186 g/mol. The molecule has 1 atom stereocenters. The van der Waals surface area contributed by atoms with Crippen LogP contribution in [0.4, 0.5) is 0 Å². The van der Waals surface area contributed by atoms with E-state index in [2.05, 4.69) is 4.74 Å². The molecule has 13 heavy (non-hydrogen) atoms. The first-order chi connectivity index (χ1) is 6.15. The second-order valence-electron chi connectivity index (χ2n) is 2.38. The molecule has 0 saturated carbocycles. The Bertz CT molecular complexity index is 266. The van der Waals surface area contributed by atoms with Gasteiger partial charge in [-0.3, -0.25) is 0 Å². The number of hydrogen-bond donors (Lipinski definition) is 4. The third-order valence-electron chi connectivity index (χ3n) is 1.38. The summed E-state index contributed by atoms with van der Waals surface area (Å²) in [5.74, 6) is -0.843. The summed E-state index contributed by atoms with van der Waals surface area (Å²) in [7, 11) is 0. The van der Waals surface area contributed by atoms with Gasteiger partial charge >= 0.3 is 0 Å². The van der Waals surface area contributed by atoms with Crippen LogP contribution in [0.5, 0.6) is 17.2 Å². The molecule has 0 saturated heterocycles. The zero-order valence-corrected chi connectivity index (χ0v) is 6.71. The molecule has 0 bridgehead atoms. The van der Waals surface area contributed by atoms with Crippen LogP contribution in [0, 0.1) is 0 Å². The largest absolute Gasteiger partial charge is 0.504 e. The summed E-state index contributed by atoms with van der Waals surface area (Å²) in [6, 6.07) is 4.00. The van der Waals surface area contributed by atoms with Gasteiger partial charge in [0.1, 0.15) is 6.61 Å². The van der Waals surface area contributed by atoms with Crippen molar-refractivity contribution in [3.63, 3.8) is 0 Å². The molecule has 1 aromatic rings. The molecule has 0 amide bonds. The minimum absolute atomic E-state index is 0.246. The van der Waals surface area contributed by atoms with Gasteiger partial charge in [-0.15, -0.1) is 0 Å². The van der Waals surface area contributed by atoms with Gasteiger partial charge in [-0.25, -0.2) is 0 Å². The van der Waals surface area contributed by atoms with E-state index >= 15 is 0 Å². The first kappa shape index (κ1) is 9.63. The Morgan fingerprint density at radius 3 is 2.23 bits per heavy atom. The van der Waals surface area contributed by atoms with Gasteiger partial charge in [0.05, 0.1) is 0 Å². The van der Waals surface area contributed by atoms with Crippen LogP contribution in [0.15, 0.2) is 18.2 Å². The Labute approximate surface area is 74.5 Å². The lowest BCUT2D eigenvalue weighted by atomic mass is 10.3. The van der Waals surface area contributed by atoms with Crippen molar-refractivity contribution in [3.8, 4) is 17.2 Å². The van der Waals surface area contributed by atoms with Crippen LogP contribution in [0.25, 0.3) is 0 Å². The van der Waals surface area contributed by atoms with Gasteiger partial charge in [-0.1, -0.05) is 6.07 Å². The smallest absolute Gasteiger partial charge is 0.221 e. The van der Waals surface area contributed by atoms with Crippen LogP contribution < -0.4 is 4.74 Å². The van der Waals surface area contributed by atoms with E-state index in [1.165, 1.54) is 18.2 Å². The Hall–Kier alpha value is -1.46. The Kier molecular flexibility index (Phi) is 2.94. The molecule has 0 aliphatic carbocycles. The molecule has 5 nitrogen and oxygen atoms in total. The number of phenols is 2. The average molecular weight is 186 g/mol. The van der Waals surface area contributed by atoms with Crippen molar-refractivity contribution in [2.45, 2.75) is 6.29 Å². The molecule has 0 spiro atoms. The third kappa shape index (κ3) is 2.24. The zero-order chi connectivity index (χ0) is 9.84. The summed E-state index contributed by atoms with van der Waals surface area (Å²) < 4.78 is 4.63. The van der Waals surface area contributed by atoms with Crippen molar-refractivity contribution in [2.75, 3.05) is 6.61 Å². The van der Waals surface area contributed by atoms with Crippen LogP contribution in [0.3, 0.4) is 0 Å². The molecule has 0 fully saturated rings.